The molecule has 2 amide bonds. The maximum atomic E-state index is 11.9. The highest BCUT2D eigenvalue weighted by Crippen LogP contribution is 2.26. The van der Waals surface area contributed by atoms with Crippen LogP contribution in [0.2, 0.25) is 5.02 Å². The molecular weight excluding hydrogens is 294 g/mol. The summed E-state index contributed by atoms with van der Waals surface area (Å²) in [5.41, 5.74) is 0. The summed E-state index contributed by atoms with van der Waals surface area (Å²) in [6, 6.07) is 7.37. The van der Waals surface area contributed by atoms with Crippen LogP contribution < -0.4 is 5.32 Å². The van der Waals surface area contributed by atoms with E-state index in [1.807, 2.05) is 18.2 Å². The smallest absolute Gasteiger partial charge is 0.236 e. The fourth-order valence-electron chi connectivity index (χ4n) is 2.35. The van der Waals surface area contributed by atoms with Crippen molar-refractivity contribution in [2.24, 2.45) is 5.92 Å². The Bertz CT molecular complexity index is 487. The van der Waals surface area contributed by atoms with Crippen LogP contribution in [0.15, 0.2) is 29.2 Å². The quantitative estimate of drug-likeness (QED) is 0.863. The van der Waals surface area contributed by atoms with Gasteiger partial charge in [0.05, 0.1) is 10.8 Å². The number of hydrogen-bond donors (Lipinski definition) is 1. The molecule has 0 heterocycles. The first kappa shape index (κ1) is 15.4. The number of hydrogen-bond acceptors (Lipinski definition) is 3. The van der Waals surface area contributed by atoms with Gasteiger partial charge in [-0.3, -0.25) is 14.9 Å². The van der Waals surface area contributed by atoms with Gasteiger partial charge in [-0.1, -0.05) is 43.0 Å². The molecule has 1 aliphatic carbocycles. The Morgan fingerprint density at radius 1 is 1.20 bits per heavy atom. The van der Waals surface area contributed by atoms with Crippen LogP contribution in [0.5, 0.6) is 0 Å². The van der Waals surface area contributed by atoms with E-state index in [0.29, 0.717) is 5.02 Å². The van der Waals surface area contributed by atoms with Gasteiger partial charge in [-0.2, -0.15) is 0 Å². The Labute approximate surface area is 128 Å². The fourth-order valence-corrected chi connectivity index (χ4v) is 3.38. The molecule has 0 bridgehead atoms. The minimum atomic E-state index is -0.245. The maximum absolute atomic E-state index is 11.9. The molecule has 20 heavy (non-hydrogen) atoms. The normalized spacial score (nSPS) is 15.8. The summed E-state index contributed by atoms with van der Waals surface area (Å²) in [6.07, 6.45) is 5.16. The molecule has 0 spiro atoms. The lowest BCUT2D eigenvalue weighted by atomic mass is 9.89. The van der Waals surface area contributed by atoms with E-state index in [2.05, 4.69) is 5.32 Å². The third kappa shape index (κ3) is 4.53. The van der Waals surface area contributed by atoms with Crippen LogP contribution in [0, 0.1) is 5.92 Å². The zero-order chi connectivity index (χ0) is 14.4. The van der Waals surface area contributed by atoms with E-state index in [1.165, 1.54) is 18.2 Å². The Balaban J connectivity index is 1.77. The van der Waals surface area contributed by atoms with E-state index in [0.717, 1.165) is 30.6 Å². The Kier molecular flexibility index (Phi) is 5.92. The number of benzene rings is 1. The van der Waals surface area contributed by atoms with Gasteiger partial charge in [0.15, 0.2) is 0 Å². The van der Waals surface area contributed by atoms with E-state index in [9.17, 15) is 9.59 Å². The predicted molar refractivity (Wildman–Crippen MR) is 81.9 cm³/mol. The fraction of sp³-hybridized carbons (Fsp3) is 0.467. The molecule has 1 aliphatic rings. The van der Waals surface area contributed by atoms with Crippen molar-refractivity contribution in [1.82, 2.24) is 5.32 Å². The Hall–Kier alpha value is -1.00. The minimum absolute atomic E-state index is 0.0120. The summed E-state index contributed by atoms with van der Waals surface area (Å²) in [7, 11) is 0. The van der Waals surface area contributed by atoms with Crippen LogP contribution in [0.25, 0.3) is 0 Å². The lowest BCUT2D eigenvalue weighted by molar-refractivity contribution is -0.132. The number of imide groups is 1. The van der Waals surface area contributed by atoms with E-state index >= 15 is 0 Å². The zero-order valence-corrected chi connectivity index (χ0v) is 12.8. The van der Waals surface area contributed by atoms with E-state index in [4.69, 9.17) is 11.6 Å². The van der Waals surface area contributed by atoms with Gasteiger partial charge in [-0.25, -0.2) is 0 Å². The average Bonchev–Trinajstić information content (AvgIpc) is 2.47. The van der Waals surface area contributed by atoms with Gasteiger partial charge in [0.25, 0.3) is 0 Å². The number of amides is 2. The molecule has 1 fully saturated rings. The van der Waals surface area contributed by atoms with Crippen LogP contribution in [0.4, 0.5) is 0 Å². The van der Waals surface area contributed by atoms with Gasteiger partial charge in [-0.15, -0.1) is 11.8 Å². The van der Waals surface area contributed by atoms with Crippen LogP contribution in [-0.4, -0.2) is 17.6 Å². The van der Waals surface area contributed by atoms with Crippen molar-refractivity contribution < 1.29 is 9.59 Å². The monoisotopic (exact) mass is 311 g/mol. The highest BCUT2D eigenvalue weighted by atomic mass is 35.5. The molecule has 0 unspecified atom stereocenters. The summed E-state index contributed by atoms with van der Waals surface area (Å²) in [6.45, 7) is 0. The molecule has 108 valence electrons. The first-order valence-corrected chi connectivity index (χ1v) is 8.24. The van der Waals surface area contributed by atoms with Crippen molar-refractivity contribution in [1.29, 1.82) is 0 Å². The molecule has 1 N–H and O–H groups in total. The highest BCUT2D eigenvalue weighted by Gasteiger charge is 2.22. The van der Waals surface area contributed by atoms with Gasteiger partial charge in [0, 0.05) is 10.8 Å². The molecule has 1 aromatic rings. The largest absolute Gasteiger partial charge is 0.295 e. The summed E-state index contributed by atoms with van der Waals surface area (Å²) in [4.78, 5) is 24.6. The number of halogens is 1. The van der Waals surface area contributed by atoms with Crippen LogP contribution in [0.3, 0.4) is 0 Å². The second kappa shape index (κ2) is 7.70. The Morgan fingerprint density at radius 3 is 2.60 bits per heavy atom. The van der Waals surface area contributed by atoms with Crippen LogP contribution in [-0.2, 0) is 9.59 Å². The number of rotatable bonds is 4. The minimum Gasteiger partial charge on any atom is -0.295 e. The van der Waals surface area contributed by atoms with Crippen molar-refractivity contribution in [3.05, 3.63) is 29.3 Å². The lowest BCUT2D eigenvalue weighted by Gasteiger charge is -2.20. The van der Waals surface area contributed by atoms with E-state index in [-0.39, 0.29) is 23.5 Å². The number of nitrogens with one attached hydrogen (secondary N) is 1. The van der Waals surface area contributed by atoms with E-state index < -0.39 is 0 Å². The molecule has 1 aromatic carbocycles. The predicted octanol–water partition coefficient (Wildman–Crippen LogP) is 3.66. The maximum Gasteiger partial charge on any atom is 0.236 e. The first-order chi connectivity index (χ1) is 9.66. The summed E-state index contributed by atoms with van der Waals surface area (Å²) in [5, 5.41) is 3.13. The molecule has 0 saturated heterocycles. The van der Waals surface area contributed by atoms with Crippen molar-refractivity contribution in [2.75, 3.05) is 5.75 Å². The second-order valence-corrected chi connectivity index (χ2v) is 6.39. The standard InChI is InChI=1S/C15H18ClNO2S/c16-12-8-4-5-9-13(12)20-10-14(18)17-15(19)11-6-2-1-3-7-11/h4-5,8-9,11H,1-3,6-7,10H2,(H,17,18,19). The van der Waals surface area contributed by atoms with Crippen molar-refractivity contribution in [3.63, 3.8) is 0 Å². The second-order valence-electron chi connectivity index (χ2n) is 4.97. The van der Waals surface area contributed by atoms with Gasteiger partial charge in [-0.05, 0) is 25.0 Å². The highest BCUT2D eigenvalue weighted by molar-refractivity contribution is 8.00. The molecule has 3 nitrogen and oxygen atoms in total. The molecule has 2 rings (SSSR count). The molecular formula is C15H18ClNO2S. The third-order valence-electron chi connectivity index (χ3n) is 3.43. The van der Waals surface area contributed by atoms with Gasteiger partial charge < -0.3 is 0 Å². The van der Waals surface area contributed by atoms with Crippen LogP contribution in [0.1, 0.15) is 32.1 Å². The number of carbonyl (C=O) groups is 2. The topological polar surface area (TPSA) is 46.2 Å². The van der Waals surface area contributed by atoms with Crippen molar-refractivity contribution in [3.8, 4) is 0 Å². The number of carbonyl (C=O) groups excluding carboxylic acids is 2. The van der Waals surface area contributed by atoms with Crippen molar-refractivity contribution >= 4 is 35.2 Å². The molecule has 0 aliphatic heterocycles. The SMILES string of the molecule is O=C(CSc1ccccc1Cl)NC(=O)C1CCCCC1. The Morgan fingerprint density at radius 2 is 1.90 bits per heavy atom. The van der Waals surface area contributed by atoms with Crippen LogP contribution >= 0.6 is 23.4 Å². The van der Waals surface area contributed by atoms with E-state index in [1.54, 1.807) is 6.07 Å². The molecule has 0 atom stereocenters. The average molecular weight is 312 g/mol. The molecule has 5 heteroatoms. The molecule has 0 radical (unpaired) electrons. The van der Waals surface area contributed by atoms with Crippen molar-refractivity contribution in [2.45, 2.75) is 37.0 Å². The summed E-state index contributed by atoms with van der Waals surface area (Å²) in [5.74, 6) is -0.139. The first-order valence-electron chi connectivity index (χ1n) is 6.88. The summed E-state index contributed by atoms with van der Waals surface area (Å²) >= 11 is 7.36. The molecule has 1 saturated carbocycles. The lowest BCUT2D eigenvalue weighted by Crippen LogP contribution is -2.37. The van der Waals surface area contributed by atoms with Gasteiger partial charge in [0.1, 0.15) is 0 Å². The zero-order valence-electron chi connectivity index (χ0n) is 11.2. The number of thioether (sulfide) groups is 1. The third-order valence-corrected chi connectivity index (χ3v) is 4.95. The summed E-state index contributed by atoms with van der Waals surface area (Å²) < 4.78 is 0. The molecule has 0 aromatic heterocycles. The van der Waals surface area contributed by atoms with Gasteiger partial charge in [0.2, 0.25) is 11.8 Å². The van der Waals surface area contributed by atoms with Gasteiger partial charge >= 0.3 is 0 Å².